The van der Waals surface area contributed by atoms with Gasteiger partial charge in [0, 0.05) is 25.5 Å². The standard InChI is InChI=1S/C16H29ClN2O2/c1-16(2,3)21-15(20)19-10-6-13-5-9-18(8-4-7-17)11-14(13)12-19/h13-14H,4-12H2,1-3H3. The second-order valence-corrected chi connectivity index (χ2v) is 7.74. The van der Waals surface area contributed by atoms with E-state index in [2.05, 4.69) is 4.90 Å². The quantitative estimate of drug-likeness (QED) is 0.750. The number of rotatable bonds is 3. The summed E-state index contributed by atoms with van der Waals surface area (Å²) in [6.07, 6.45) is 3.27. The van der Waals surface area contributed by atoms with Crippen LogP contribution in [0.25, 0.3) is 0 Å². The number of nitrogens with zero attached hydrogens (tertiary/aromatic N) is 2. The molecule has 5 heteroatoms. The second kappa shape index (κ2) is 7.19. The summed E-state index contributed by atoms with van der Waals surface area (Å²) in [5.74, 6) is 2.10. The van der Waals surface area contributed by atoms with E-state index in [1.165, 1.54) is 13.0 Å². The summed E-state index contributed by atoms with van der Waals surface area (Å²) in [6.45, 7) is 10.8. The lowest BCUT2D eigenvalue weighted by Gasteiger charge is -2.45. The predicted molar refractivity (Wildman–Crippen MR) is 85.8 cm³/mol. The molecule has 0 radical (unpaired) electrons. The highest BCUT2D eigenvalue weighted by Gasteiger charge is 2.36. The Kier molecular flexibility index (Phi) is 5.78. The molecule has 0 aliphatic carbocycles. The Hall–Kier alpha value is -0.480. The van der Waals surface area contributed by atoms with Gasteiger partial charge in [-0.2, -0.15) is 0 Å². The van der Waals surface area contributed by atoms with Gasteiger partial charge in [-0.25, -0.2) is 4.79 Å². The number of fused-ring (bicyclic) bond motifs is 1. The maximum Gasteiger partial charge on any atom is 0.410 e. The van der Waals surface area contributed by atoms with Crippen molar-refractivity contribution in [2.75, 3.05) is 38.6 Å². The van der Waals surface area contributed by atoms with Gasteiger partial charge in [-0.1, -0.05) is 0 Å². The molecule has 2 rings (SSSR count). The van der Waals surface area contributed by atoms with Crippen molar-refractivity contribution in [3.63, 3.8) is 0 Å². The Balaban J connectivity index is 1.86. The predicted octanol–water partition coefficient (Wildman–Crippen LogP) is 3.19. The van der Waals surface area contributed by atoms with Crippen LogP contribution < -0.4 is 0 Å². The summed E-state index contributed by atoms with van der Waals surface area (Å²) in [7, 11) is 0. The van der Waals surface area contributed by atoms with Crippen molar-refractivity contribution in [2.45, 2.75) is 45.6 Å². The zero-order chi connectivity index (χ0) is 15.5. The van der Waals surface area contributed by atoms with Crippen molar-refractivity contribution in [3.05, 3.63) is 0 Å². The number of carbonyl (C=O) groups is 1. The van der Waals surface area contributed by atoms with E-state index in [0.29, 0.717) is 5.92 Å². The van der Waals surface area contributed by atoms with Crippen LogP contribution in [0.1, 0.15) is 40.0 Å². The van der Waals surface area contributed by atoms with E-state index in [9.17, 15) is 4.79 Å². The second-order valence-electron chi connectivity index (χ2n) is 7.37. The van der Waals surface area contributed by atoms with Crippen molar-refractivity contribution in [3.8, 4) is 0 Å². The smallest absolute Gasteiger partial charge is 0.410 e. The Labute approximate surface area is 133 Å². The van der Waals surface area contributed by atoms with Gasteiger partial charge in [0.05, 0.1) is 0 Å². The van der Waals surface area contributed by atoms with Crippen molar-refractivity contribution in [2.24, 2.45) is 11.8 Å². The van der Waals surface area contributed by atoms with E-state index >= 15 is 0 Å². The molecular weight excluding hydrogens is 288 g/mol. The Morgan fingerprint density at radius 2 is 1.90 bits per heavy atom. The number of ether oxygens (including phenoxy) is 1. The largest absolute Gasteiger partial charge is 0.444 e. The summed E-state index contributed by atoms with van der Waals surface area (Å²) in [6, 6.07) is 0. The van der Waals surface area contributed by atoms with Crippen LogP contribution in [0.5, 0.6) is 0 Å². The van der Waals surface area contributed by atoms with E-state index in [4.69, 9.17) is 16.3 Å². The van der Waals surface area contributed by atoms with Crippen LogP contribution >= 0.6 is 11.6 Å². The fraction of sp³-hybridized carbons (Fsp3) is 0.938. The molecule has 0 aromatic heterocycles. The number of amides is 1. The summed E-state index contributed by atoms with van der Waals surface area (Å²) >= 11 is 5.79. The molecule has 122 valence electrons. The lowest BCUT2D eigenvalue weighted by atomic mass is 9.80. The molecule has 2 aliphatic rings. The van der Waals surface area contributed by atoms with Gasteiger partial charge in [0.1, 0.15) is 5.60 Å². The molecule has 2 atom stereocenters. The molecule has 2 fully saturated rings. The molecule has 2 unspecified atom stereocenters. The highest BCUT2D eigenvalue weighted by atomic mass is 35.5. The third-order valence-corrected chi connectivity index (χ3v) is 4.73. The van der Waals surface area contributed by atoms with Gasteiger partial charge in [-0.15, -0.1) is 11.6 Å². The Morgan fingerprint density at radius 3 is 2.57 bits per heavy atom. The number of carbonyl (C=O) groups excluding carboxylic acids is 1. The summed E-state index contributed by atoms with van der Waals surface area (Å²) in [4.78, 5) is 16.6. The number of halogens is 1. The maximum atomic E-state index is 12.2. The summed E-state index contributed by atoms with van der Waals surface area (Å²) in [5.41, 5.74) is -0.410. The SMILES string of the molecule is CC(C)(C)OC(=O)N1CCC2CCN(CCCCl)CC2C1. The van der Waals surface area contributed by atoms with Gasteiger partial charge in [0.15, 0.2) is 0 Å². The molecule has 2 heterocycles. The lowest BCUT2D eigenvalue weighted by molar-refractivity contribution is -0.00300. The third kappa shape index (κ3) is 5.03. The zero-order valence-electron chi connectivity index (χ0n) is 13.6. The van der Waals surface area contributed by atoms with E-state index in [1.807, 2.05) is 25.7 Å². The average molecular weight is 317 g/mol. The minimum absolute atomic E-state index is 0.154. The first-order chi connectivity index (χ1) is 9.89. The minimum atomic E-state index is -0.410. The monoisotopic (exact) mass is 316 g/mol. The summed E-state index contributed by atoms with van der Waals surface area (Å²) in [5, 5.41) is 0. The van der Waals surface area contributed by atoms with Crippen LogP contribution in [0, 0.1) is 11.8 Å². The first-order valence-corrected chi connectivity index (χ1v) is 8.69. The number of hydrogen-bond donors (Lipinski definition) is 0. The average Bonchev–Trinajstić information content (AvgIpc) is 2.42. The van der Waals surface area contributed by atoms with Gasteiger partial charge >= 0.3 is 6.09 Å². The van der Waals surface area contributed by atoms with Crippen molar-refractivity contribution >= 4 is 17.7 Å². The topological polar surface area (TPSA) is 32.8 Å². The van der Waals surface area contributed by atoms with Gasteiger partial charge in [0.2, 0.25) is 0 Å². The molecule has 21 heavy (non-hydrogen) atoms. The van der Waals surface area contributed by atoms with Gasteiger partial charge in [0.25, 0.3) is 0 Å². The van der Waals surface area contributed by atoms with E-state index in [0.717, 1.165) is 50.8 Å². The molecule has 0 saturated carbocycles. The highest BCUT2D eigenvalue weighted by Crippen LogP contribution is 2.32. The highest BCUT2D eigenvalue weighted by molar-refractivity contribution is 6.17. The fourth-order valence-corrected chi connectivity index (χ4v) is 3.54. The van der Waals surface area contributed by atoms with Gasteiger partial charge in [-0.05, 0) is 65.0 Å². The molecule has 4 nitrogen and oxygen atoms in total. The fourth-order valence-electron chi connectivity index (χ4n) is 3.42. The number of hydrogen-bond acceptors (Lipinski definition) is 3. The molecule has 0 aromatic rings. The maximum absolute atomic E-state index is 12.2. The first-order valence-electron chi connectivity index (χ1n) is 8.15. The number of likely N-dealkylation sites (tertiary alicyclic amines) is 2. The van der Waals surface area contributed by atoms with Crippen molar-refractivity contribution in [1.82, 2.24) is 9.80 Å². The first kappa shape index (κ1) is 16.9. The van der Waals surface area contributed by atoms with Crippen LogP contribution in [-0.2, 0) is 4.74 Å². The van der Waals surface area contributed by atoms with Crippen molar-refractivity contribution < 1.29 is 9.53 Å². The Bertz CT molecular complexity index is 357. The van der Waals surface area contributed by atoms with Crippen LogP contribution in [0.2, 0.25) is 0 Å². The molecule has 1 amide bonds. The van der Waals surface area contributed by atoms with Gasteiger partial charge in [-0.3, -0.25) is 0 Å². The normalized spacial score (nSPS) is 27.3. The van der Waals surface area contributed by atoms with E-state index < -0.39 is 5.60 Å². The minimum Gasteiger partial charge on any atom is -0.444 e. The third-order valence-electron chi connectivity index (χ3n) is 4.46. The van der Waals surface area contributed by atoms with E-state index in [1.54, 1.807) is 0 Å². The lowest BCUT2D eigenvalue weighted by Crippen LogP contribution is -2.52. The summed E-state index contributed by atoms with van der Waals surface area (Å²) < 4.78 is 5.50. The van der Waals surface area contributed by atoms with Crippen LogP contribution in [-0.4, -0.2) is 60.1 Å². The molecular formula is C16H29ClN2O2. The molecule has 2 saturated heterocycles. The van der Waals surface area contributed by atoms with Crippen LogP contribution in [0.3, 0.4) is 0 Å². The molecule has 0 bridgehead atoms. The van der Waals surface area contributed by atoms with Crippen LogP contribution in [0.4, 0.5) is 4.79 Å². The van der Waals surface area contributed by atoms with Crippen molar-refractivity contribution in [1.29, 1.82) is 0 Å². The molecule has 0 spiro atoms. The molecule has 0 aromatic carbocycles. The van der Waals surface area contributed by atoms with Gasteiger partial charge < -0.3 is 14.5 Å². The number of alkyl halides is 1. The molecule has 0 N–H and O–H groups in total. The van der Waals surface area contributed by atoms with Crippen LogP contribution in [0.15, 0.2) is 0 Å². The van der Waals surface area contributed by atoms with E-state index in [-0.39, 0.29) is 6.09 Å². The zero-order valence-corrected chi connectivity index (χ0v) is 14.4. The molecule has 2 aliphatic heterocycles. The number of piperidine rings is 2. The Morgan fingerprint density at radius 1 is 1.19 bits per heavy atom.